The maximum absolute atomic E-state index is 12.7. The van der Waals surface area contributed by atoms with Crippen molar-refractivity contribution in [3.8, 4) is 5.75 Å². The third-order valence-corrected chi connectivity index (χ3v) is 6.64. The van der Waals surface area contributed by atoms with Crippen LogP contribution in [-0.4, -0.2) is 68.3 Å². The first-order valence-electron chi connectivity index (χ1n) is 11.7. The molecule has 2 atom stereocenters. The van der Waals surface area contributed by atoms with Gasteiger partial charge in [-0.15, -0.1) is 0 Å². The maximum Gasteiger partial charge on any atom is 0.224 e. The maximum atomic E-state index is 12.7. The first kappa shape index (κ1) is 22.8. The third-order valence-electron chi connectivity index (χ3n) is 6.64. The summed E-state index contributed by atoms with van der Waals surface area (Å²) in [6, 6.07) is 18.7. The lowest BCUT2D eigenvalue weighted by Crippen LogP contribution is -2.53. The molecule has 6 heteroatoms. The first-order valence-corrected chi connectivity index (χ1v) is 11.7. The number of piperidine rings is 1. The number of ether oxygens (including phenoxy) is 2. The molecule has 1 amide bonds. The number of methoxy groups -OCH3 is 1. The molecule has 6 nitrogen and oxygen atoms in total. The second kappa shape index (κ2) is 11.5. The van der Waals surface area contributed by atoms with Gasteiger partial charge >= 0.3 is 0 Å². The highest BCUT2D eigenvalue weighted by Crippen LogP contribution is 2.28. The van der Waals surface area contributed by atoms with Gasteiger partial charge in [-0.1, -0.05) is 36.4 Å². The van der Waals surface area contributed by atoms with Crippen LogP contribution in [0.25, 0.3) is 0 Å². The SMILES string of the molecule is COc1cccc(NC(=O)CC[C@H]2CN(Cc3ccccc3)CC[C@H]2N2CCOCC2)c1. The minimum Gasteiger partial charge on any atom is -0.497 e. The molecule has 0 radical (unpaired) electrons. The monoisotopic (exact) mass is 437 g/mol. The number of anilines is 1. The Labute approximate surface area is 191 Å². The van der Waals surface area contributed by atoms with E-state index < -0.39 is 0 Å². The molecule has 32 heavy (non-hydrogen) atoms. The fraction of sp³-hybridized carbons (Fsp3) is 0.500. The fourth-order valence-electron chi connectivity index (χ4n) is 4.99. The topological polar surface area (TPSA) is 54.0 Å². The Morgan fingerprint density at radius 1 is 1.09 bits per heavy atom. The second-order valence-corrected chi connectivity index (χ2v) is 8.80. The lowest BCUT2D eigenvalue weighted by molar-refractivity contribution is -0.116. The molecule has 2 aliphatic heterocycles. The van der Waals surface area contributed by atoms with E-state index in [1.54, 1.807) is 7.11 Å². The first-order chi connectivity index (χ1) is 15.7. The van der Waals surface area contributed by atoms with Gasteiger partial charge < -0.3 is 14.8 Å². The molecule has 172 valence electrons. The van der Waals surface area contributed by atoms with Crippen LogP contribution in [-0.2, 0) is 16.1 Å². The zero-order valence-corrected chi connectivity index (χ0v) is 19.0. The van der Waals surface area contributed by atoms with Crippen LogP contribution < -0.4 is 10.1 Å². The molecule has 1 N–H and O–H groups in total. The second-order valence-electron chi connectivity index (χ2n) is 8.80. The van der Waals surface area contributed by atoms with Crippen molar-refractivity contribution in [1.29, 1.82) is 0 Å². The van der Waals surface area contributed by atoms with E-state index in [-0.39, 0.29) is 5.91 Å². The number of benzene rings is 2. The fourth-order valence-corrected chi connectivity index (χ4v) is 4.99. The summed E-state index contributed by atoms with van der Waals surface area (Å²) in [5.41, 5.74) is 2.14. The molecule has 2 saturated heterocycles. The number of hydrogen-bond donors (Lipinski definition) is 1. The summed E-state index contributed by atoms with van der Waals surface area (Å²) < 4.78 is 10.8. The van der Waals surface area contributed by atoms with Crippen molar-refractivity contribution in [3.05, 3.63) is 60.2 Å². The average molecular weight is 438 g/mol. The Kier molecular flexibility index (Phi) is 8.15. The van der Waals surface area contributed by atoms with Crippen LogP contribution in [0, 0.1) is 5.92 Å². The zero-order chi connectivity index (χ0) is 22.2. The van der Waals surface area contributed by atoms with E-state index in [0.717, 1.165) is 70.2 Å². The molecule has 2 aromatic carbocycles. The van der Waals surface area contributed by atoms with Crippen LogP contribution in [0.3, 0.4) is 0 Å². The number of likely N-dealkylation sites (tertiary alicyclic amines) is 1. The van der Waals surface area contributed by atoms with E-state index in [9.17, 15) is 4.79 Å². The summed E-state index contributed by atoms with van der Waals surface area (Å²) in [4.78, 5) is 17.9. The quantitative estimate of drug-likeness (QED) is 0.683. The van der Waals surface area contributed by atoms with Gasteiger partial charge in [0.1, 0.15) is 5.75 Å². The highest BCUT2D eigenvalue weighted by molar-refractivity contribution is 5.90. The Morgan fingerprint density at radius 2 is 1.91 bits per heavy atom. The summed E-state index contributed by atoms with van der Waals surface area (Å²) >= 11 is 0. The van der Waals surface area contributed by atoms with Crippen molar-refractivity contribution in [2.24, 2.45) is 5.92 Å². The summed E-state index contributed by atoms with van der Waals surface area (Å²) in [5, 5.41) is 3.04. The van der Waals surface area contributed by atoms with Gasteiger partial charge in [0.2, 0.25) is 5.91 Å². The van der Waals surface area contributed by atoms with E-state index in [2.05, 4.69) is 45.4 Å². The number of rotatable bonds is 8. The normalized spacial score (nSPS) is 22.4. The highest BCUT2D eigenvalue weighted by Gasteiger charge is 2.34. The van der Waals surface area contributed by atoms with Gasteiger partial charge in [-0.3, -0.25) is 14.6 Å². The molecule has 0 bridgehead atoms. The van der Waals surface area contributed by atoms with Gasteiger partial charge in [0, 0.05) is 50.4 Å². The molecular weight excluding hydrogens is 402 g/mol. The van der Waals surface area contributed by atoms with Crippen molar-refractivity contribution >= 4 is 11.6 Å². The van der Waals surface area contributed by atoms with E-state index in [1.807, 2.05) is 24.3 Å². The van der Waals surface area contributed by atoms with E-state index in [1.165, 1.54) is 5.56 Å². The number of hydrogen-bond acceptors (Lipinski definition) is 5. The van der Waals surface area contributed by atoms with Crippen molar-refractivity contribution in [2.75, 3.05) is 51.8 Å². The lowest BCUT2D eigenvalue weighted by atomic mass is 9.86. The minimum absolute atomic E-state index is 0.0687. The van der Waals surface area contributed by atoms with Crippen LogP contribution in [0.2, 0.25) is 0 Å². The molecule has 4 rings (SSSR count). The number of nitrogens with zero attached hydrogens (tertiary/aromatic N) is 2. The van der Waals surface area contributed by atoms with Gasteiger partial charge in [0.05, 0.1) is 20.3 Å². The highest BCUT2D eigenvalue weighted by atomic mass is 16.5. The molecule has 0 spiro atoms. The van der Waals surface area contributed by atoms with Crippen molar-refractivity contribution in [1.82, 2.24) is 9.80 Å². The Bertz CT molecular complexity index is 854. The predicted molar refractivity (Wildman–Crippen MR) is 127 cm³/mol. The standard InChI is InChI=1S/C26H35N3O3/c1-31-24-9-5-8-23(18-24)27-26(30)11-10-22-20-28(19-21-6-3-2-4-7-21)13-12-25(22)29-14-16-32-17-15-29/h2-9,18,22,25H,10-17,19-20H2,1H3,(H,27,30)/t22-,25+/m0/s1. The molecule has 2 fully saturated rings. The van der Waals surface area contributed by atoms with E-state index in [4.69, 9.17) is 9.47 Å². The van der Waals surface area contributed by atoms with Gasteiger partial charge in [-0.25, -0.2) is 0 Å². The predicted octanol–water partition coefficient (Wildman–Crippen LogP) is 3.64. The Morgan fingerprint density at radius 3 is 2.69 bits per heavy atom. The van der Waals surface area contributed by atoms with Gasteiger partial charge in [0.15, 0.2) is 0 Å². The number of morpholine rings is 1. The molecule has 2 heterocycles. The molecular formula is C26H35N3O3. The summed E-state index contributed by atoms with van der Waals surface area (Å²) in [5.74, 6) is 1.29. The minimum atomic E-state index is 0.0687. The van der Waals surface area contributed by atoms with Crippen LogP contribution in [0.15, 0.2) is 54.6 Å². The lowest BCUT2D eigenvalue weighted by Gasteiger charge is -2.45. The van der Waals surface area contributed by atoms with Crippen LogP contribution in [0.1, 0.15) is 24.8 Å². The number of amides is 1. The van der Waals surface area contributed by atoms with Crippen molar-refractivity contribution in [3.63, 3.8) is 0 Å². The number of nitrogens with one attached hydrogen (secondary N) is 1. The van der Waals surface area contributed by atoms with Gasteiger partial charge in [-0.05, 0) is 43.0 Å². The summed E-state index contributed by atoms with van der Waals surface area (Å²) in [7, 11) is 1.64. The van der Waals surface area contributed by atoms with Crippen molar-refractivity contribution in [2.45, 2.75) is 31.8 Å². The molecule has 0 saturated carbocycles. The smallest absolute Gasteiger partial charge is 0.224 e. The van der Waals surface area contributed by atoms with Gasteiger partial charge in [0.25, 0.3) is 0 Å². The van der Waals surface area contributed by atoms with E-state index >= 15 is 0 Å². The third kappa shape index (κ3) is 6.31. The Hall–Kier alpha value is -2.41. The number of carbonyl (C=O) groups is 1. The van der Waals surface area contributed by atoms with Crippen molar-refractivity contribution < 1.29 is 14.3 Å². The Balaban J connectivity index is 1.37. The molecule has 0 aliphatic carbocycles. The average Bonchev–Trinajstić information content (AvgIpc) is 2.84. The van der Waals surface area contributed by atoms with Gasteiger partial charge in [-0.2, -0.15) is 0 Å². The summed E-state index contributed by atoms with van der Waals surface area (Å²) in [6.07, 6.45) is 2.57. The molecule has 2 aliphatic rings. The molecule has 0 unspecified atom stereocenters. The van der Waals surface area contributed by atoms with E-state index in [0.29, 0.717) is 18.4 Å². The largest absolute Gasteiger partial charge is 0.497 e. The summed E-state index contributed by atoms with van der Waals surface area (Å²) in [6.45, 7) is 6.72. The number of carbonyl (C=O) groups excluding carboxylic acids is 1. The molecule has 0 aromatic heterocycles. The van der Waals surface area contributed by atoms with Crippen LogP contribution in [0.4, 0.5) is 5.69 Å². The van der Waals surface area contributed by atoms with Crippen LogP contribution in [0.5, 0.6) is 5.75 Å². The zero-order valence-electron chi connectivity index (χ0n) is 19.0. The van der Waals surface area contributed by atoms with Crippen LogP contribution >= 0.6 is 0 Å². The molecule has 2 aromatic rings.